The molecule has 0 bridgehead atoms. The van der Waals surface area contributed by atoms with Crippen molar-refractivity contribution >= 4 is 0 Å². The minimum absolute atomic E-state index is 0.507. The monoisotopic (exact) mass is 290 g/mol. The summed E-state index contributed by atoms with van der Waals surface area (Å²) in [4.78, 5) is 0. The minimum atomic E-state index is 0.507. The van der Waals surface area contributed by atoms with E-state index in [1.807, 2.05) is 6.08 Å². The van der Waals surface area contributed by atoms with E-state index in [9.17, 15) is 0 Å². The topological polar surface area (TPSA) is 9.23 Å². The van der Waals surface area contributed by atoms with Gasteiger partial charge in [-0.3, -0.25) is 0 Å². The molecule has 21 heavy (non-hydrogen) atoms. The summed E-state index contributed by atoms with van der Waals surface area (Å²) >= 11 is 0. The minimum Gasteiger partial charge on any atom is -0.374 e. The largest absolute Gasteiger partial charge is 0.374 e. The molecule has 0 aliphatic heterocycles. The Bertz CT molecular complexity index is 304. The van der Waals surface area contributed by atoms with E-state index in [0.717, 1.165) is 24.4 Å². The summed E-state index contributed by atoms with van der Waals surface area (Å²) in [5.41, 5.74) is 0. The van der Waals surface area contributed by atoms with Crippen molar-refractivity contribution in [3.63, 3.8) is 0 Å². The maximum absolute atomic E-state index is 5.81. The summed E-state index contributed by atoms with van der Waals surface area (Å²) in [7, 11) is 0. The van der Waals surface area contributed by atoms with Gasteiger partial charge in [-0.1, -0.05) is 31.6 Å². The molecule has 2 fully saturated rings. The Labute approximate surface area is 131 Å². The summed E-state index contributed by atoms with van der Waals surface area (Å²) < 4.78 is 5.81. The molecule has 0 spiro atoms. The standard InChI is InChI=1S/C20H34O/c1-3-5-6-7-17-8-10-18(11-9-17)19-12-14-20(15-13-19)21-16-4-2/h4,6-7,17-20H,2-3,5,8-16H2,1H3/t17-,18-,19-,20-. The van der Waals surface area contributed by atoms with Crippen LogP contribution in [0.5, 0.6) is 0 Å². The first-order valence-electron chi connectivity index (χ1n) is 9.22. The third kappa shape index (κ3) is 5.62. The van der Waals surface area contributed by atoms with Crippen LogP contribution in [0.25, 0.3) is 0 Å². The van der Waals surface area contributed by atoms with Crippen LogP contribution in [-0.4, -0.2) is 12.7 Å². The van der Waals surface area contributed by atoms with Gasteiger partial charge in [0.15, 0.2) is 0 Å². The van der Waals surface area contributed by atoms with Crippen molar-refractivity contribution in [2.24, 2.45) is 17.8 Å². The molecule has 0 radical (unpaired) electrons. The van der Waals surface area contributed by atoms with Crippen LogP contribution in [0.2, 0.25) is 0 Å². The van der Waals surface area contributed by atoms with Crippen molar-refractivity contribution in [2.45, 2.75) is 77.2 Å². The molecule has 0 saturated heterocycles. The molecule has 1 heteroatoms. The van der Waals surface area contributed by atoms with Gasteiger partial charge in [-0.25, -0.2) is 0 Å². The predicted octanol–water partition coefficient (Wildman–Crippen LogP) is 5.91. The predicted molar refractivity (Wildman–Crippen MR) is 91.4 cm³/mol. The van der Waals surface area contributed by atoms with Gasteiger partial charge in [0.2, 0.25) is 0 Å². The van der Waals surface area contributed by atoms with Gasteiger partial charge in [-0.2, -0.15) is 0 Å². The SMILES string of the molecule is C=CCO[C@H]1CC[C@H]([C@H]2CC[C@H](C=CCCC)CC2)CC1. The van der Waals surface area contributed by atoms with Gasteiger partial charge >= 0.3 is 0 Å². The highest BCUT2D eigenvalue weighted by molar-refractivity contribution is 4.92. The van der Waals surface area contributed by atoms with Gasteiger partial charge in [0, 0.05) is 0 Å². The van der Waals surface area contributed by atoms with Crippen LogP contribution in [-0.2, 0) is 4.74 Å². The van der Waals surface area contributed by atoms with Crippen LogP contribution in [0.15, 0.2) is 24.8 Å². The third-order valence-electron chi connectivity index (χ3n) is 5.52. The molecular formula is C20H34O. The number of hydrogen-bond acceptors (Lipinski definition) is 1. The van der Waals surface area contributed by atoms with Crippen LogP contribution in [0.4, 0.5) is 0 Å². The molecule has 0 heterocycles. The van der Waals surface area contributed by atoms with E-state index in [1.165, 1.54) is 64.2 Å². The maximum Gasteiger partial charge on any atom is 0.0648 e. The van der Waals surface area contributed by atoms with Crippen molar-refractivity contribution in [1.29, 1.82) is 0 Å². The van der Waals surface area contributed by atoms with E-state index in [2.05, 4.69) is 25.7 Å². The molecule has 120 valence electrons. The highest BCUT2D eigenvalue weighted by Gasteiger charge is 2.30. The van der Waals surface area contributed by atoms with Crippen LogP contribution < -0.4 is 0 Å². The molecule has 2 aliphatic rings. The van der Waals surface area contributed by atoms with E-state index < -0.39 is 0 Å². The first-order valence-corrected chi connectivity index (χ1v) is 9.22. The molecule has 0 atom stereocenters. The van der Waals surface area contributed by atoms with Crippen LogP contribution >= 0.6 is 0 Å². The van der Waals surface area contributed by atoms with Gasteiger partial charge in [0.25, 0.3) is 0 Å². The quantitative estimate of drug-likeness (QED) is 0.529. The maximum atomic E-state index is 5.81. The molecule has 0 aromatic carbocycles. The second-order valence-electron chi connectivity index (χ2n) is 7.05. The van der Waals surface area contributed by atoms with Crippen molar-refractivity contribution in [2.75, 3.05) is 6.61 Å². The summed E-state index contributed by atoms with van der Waals surface area (Å²) in [6.07, 6.45) is 20.9. The van der Waals surface area contributed by atoms with E-state index in [0.29, 0.717) is 6.10 Å². The highest BCUT2D eigenvalue weighted by atomic mass is 16.5. The Kier molecular flexibility index (Phi) is 7.57. The molecule has 2 saturated carbocycles. The van der Waals surface area contributed by atoms with E-state index in [4.69, 9.17) is 4.74 Å². The van der Waals surface area contributed by atoms with Crippen molar-refractivity contribution in [3.8, 4) is 0 Å². The van der Waals surface area contributed by atoms with Gasteiger partial charge < -0.3 is 4.74 Å². The fourth-order valence-corrected chi connectivity index (χ4v) is 4.19. The van der Waals surface area contributed by atoms with E-state index >= 15 is 0 Å². The third-order valence-corrected chi connectivity index (χ3v) is 5.52. The lowest BCUT2D eigenvalue weighted by atomic mass is 9.70. The average Bonchev–Trinajstić information content (AvgIpc) is 2.54. The zero-order valence-electron chi connectivity index (χ0n) is 13.9. The Morgan fingerprint density at radius 3 is 2.14 bits per heavy atom. The number of ether oxygens (including phenoxy) is 1. The first-order chi connectivity index (χ1) is 10.3. The lowest BCUT2D eigenvalue weighted by Crippen LogP contribution is -2.28. The zero-order chi connectivity index (χ0) is 14.9. The summed E-state index contributed by atoms with van der Waals surface area (Å²) in [6, 6.07) is 0. The molecule has 0 unspecified atom stereocenters. The van der Waals surface area contributed by atoms with Crippen LogP contribution in [0.3, 0.4) is 0 Å². The molecule has 0 aromatic heterocycles. The van der Waals surface area contributed by atoms with Gasteiger partial charge in [0.05, 0.1) is 12.7 Å². The zero-order valence-corrected chi connectivity index (χ0v) is 13.9. The number of rotatable bonds is 7. The fourth-order valence-electron chi connectivity index (χ4n) is 4.19. The Morgan fingerprint density at radius 2 is 1.57 bits per heavy atom. The Morgan fingerprint density at radius 1 is 0.952 bits per heavy atom. The fraction of sp³-hybridized carbons (Fsp3) is 0.800. The summed E-state index contributed by atoms with van der Waals surface area (Å²) in [5, 5.41) is 0. The number of unbranched alkanes of at least 4 members (excludes halogenated alkanes) is 1. The smallest absolute Gasteiger partial charge is 0.0648 e. The van der Waals surface area contributed by atoms with Crippen LogP contribution in [0, 0.1) is 17.8 Å². The van der Waals surface area contributed by atoms with Crippen molar-refractivity contribution < 1.29 is 4.74 Å². The Hall–Kier alpha value is -0.560. The van der Waals surface area contributed by atoms with Crippen molar-refractivity contribution in [3.05, 3.63) is 24.8 Å². The van der Waals surface area contributed by atoms with Gasteiger partial charge in [0.1, 0.15) is 0 Å². The van der Waals surface area contributed by atoms with E-state index in [1.54, 1.807) is 0 Å². The Balaban J connectivity index is 1.65. The van der Waals surface area contributed by atoms with Crippen molar-refractivity contribution in [1.82, 2.24) is 0 Å². The van der Waals surface area contributed by atoms with Crippen LogP contribution in [0.1, 0.15) is 71.1 Å². The number of allylic oxidation sites excluding steroid dienone is 2. The lowest BCUT2D eigenvalue weighted by Gasteiger charge is -2.37. The molecular weight excluding hydrogens is 256 g/mol. The molecule has 1 nitrogen and oxygen atoms in total. The average molecular weight is 290 g/mol. The summed E-state index contributed by atoms with van der Waals surface area (Å²) in [5.74, 6) is 2.86. The number of hydrogen-bond donors (Lipinski definition) is 0. The summed E-state index contributed by atoms with van der Waals surface area (Å²) in [6.45, 7) is 6.72. The molecule has 2 aliphatic carbocycles. The lowest BCUT2D eigenvalue weighted by molar-refractivity contribution is 0.0220. The normalized spacial score (nSPS) is 34.1. The van der Waals surface area contributed by atoms with Gasteiger partial charge in [-0.15, -0.1) is 6.58 Å². The molecule has 0 amide bonds. The van der Waals surface area contributed by atoms with E-state index in [-0.39, 0.29) is 0 Å². The molecule has 2 rings (SSSR count). The first kappa shape index (κ1) is 16.8. The molecule has 0 aromatic rings. The second-order valence-corrected chi connectivity index (χ2v) is 7.05. The molecule has 0 N–H and O–H groups in total. The van der Waals surface area contributed by atoms with Gasteiger partial charge in [-0.05, 0) is 75.5 Å². The second kappa shape index (κ2) is 9.46. The highest BCUT2D eigenvalue weighted by Crippen LogP contribution is 2.40.